The Morgan fingerprint density at radius 1 is 1.71 bits per heavy atom. The van der Waals surface area contributed by atoms with Crippen molar-refractivity contribution in [3.63, 3.8) is 0 Å². The van der Waals surface area contributed by atoms with Gasteiger partial charge in [-0.3, -0.25) is 0 Å². The van der Waals surface area contributed by atoms with E-state index in [2.05, 4.69) is 17.6 Å². The molecule has 0 aliphatic carbocycles. The first-order chi connectivity index (χ1) is 8.15. The van der Waals surface area contributed by atoms with Crippen molar-refractivity contribution >= 4 is 22.9 Å². The van der Waals surface area contributed by atoms with E-state index >= 15 is 0 Å². The Bertz CT molecular complexity index is 363. The minimum atomic E-state index is -0.159. The molecule has 3 nitrogen and oxygen atoms in total. The van der Waals surface area contributed by atoms with Crippen molar-refractivity contribution in [2.45, 2.75) is 25.0 Å². The highest BCUT2D eigenvalue weighted by atomic mass is 35.5. The predicted octanol–water partition coefficient (Wildman–Crippen LogP) is 2.86. The molecule has 1 N–H and O–H groups in total. The molecule has 0 saturated carbocycles. The molecule has 5 heteroatoms. The third-order valence-corrected chi connectivity index (χ3v) is 4.43. The molecule has 2 atom stereocenters. The van der Waals surface area contributed by atoms with Crippen LogP contribution in [0.25, 0.3) is 0 Å². The maximum Gasteiger partial charge on any atom is 0.106 e. The summed E-state index contributed by atoms with van der Waals surface area (Å²) in [6, 6.07) is 2.29. The van der Waals surface area contributed by atoms with Gasteiger partial charge in [0.25, 0.3) is 0 Å². The molecular weight excluding hydrogens is 258 g/mol. The van der Waals surface area contributed by atoms with Crippen LogP contribution in [0.2, 0.25) is 4.34 Å². The van der Waals surface area contributed by atoms with Crippen molar-refractivity contribution in [3.8, 4) is 0 Å². The van der Waals surface area contributed by atoms with Gasteiger partial charge in [0.2, 0.25) is 0 Å². The number of thiophene rings is 1. The van der Waals surface area contributed by atoms with E-state index in [4.69, 9.17) is 21.1 Å². The van der Waals surface area contributed by atoms with E-state index in [1.807, 2.05) is 6.07 Å². The summed E-state index contributed by atoms with van der Waals surface area (Å²) in [5.74, 6) is 0. The Kier molecular flexibility index (Phi) is 4.44. The number of methoxy groups -OCH3 is 1. The van der Waals surface area contributed by atoms with Gasteiger partial charge in [-0.15, -0.1) is 11.3 Å². The SMILES string of the molecule is COC1(CNC(C)c2csc(Cl)c2)CCOC1. The van der Waals surface area contributed by atoms with Gasteiger partial charge in [0.05, 0.1) is 10.9 Å². The summed E-state index contributed by atoms with van der Waals surface area (Å²) < 4.78 is 11.8. The fraction of sp³-hybridized carbons (Fsp3) is 0.667. The van der Waals surface area contributed by atoms with Gasteiger partial charge in [0.15, 0.2) is 0 Å². The van der Waals surface area contributed by atoms with E-state index < -0.39 is 0 Å². The van der Waals surface area contributed by atoms with Crippen LogP contribution in [0.15, 0.2) is 11.4 Å². The first kappa shape index (κ1) is 13.3. The quantitative estimate of drug-likeness (QED) is 0.896. The first-order valence-electron chi connectivity index (χ1n) is 5.75. The van der Waals surface area contributed by atoms with Gasteiger partial charge in [-0.05, 0) is 23.9 Å². The van der Waals surface area contributed by atoms with Gasteiger partial charge in [0.1, 0.15) is 5.60 Å². The third kappa shape index (κ3) is 3.20. The lowest BCUT2D eigenvalue weighted by molar-refractivity contribution is -0.0172. The highest BCUT2D eigenvalue weighted by Crippen LogP contribution is 2.26. The molecule has 0 bridgehead atoms. The summed E-state index contributed by atoms with van der Waals surface area (Å²) >= 11 is 7.50. The maximum atomic E-state index is 5.93. The van der Waals surface area contributed by atoms with Gasteiger partial charge in [-0.2, -0.15) is 0 Å². The highest BCUT2D eigenvalue weighted by Gasteiger charge is 2.34. The molecule has 1 aromatic rings. The van der Waals surface area contributed by atoms with Crippen LogP contribution in [0.1, 0.15) is 24.9 Å². The van der Waals surface area contributed by atoms with Crippen LogP contribution in [-0.2, 0) is 9.47 Å². The van der Waals surface area contributed by atoms with Crippen molar-refractivity contribution in [3.05, 3.63) is 21.3 Å². The van der Waals surface area contributed by atoms with E-state index in [0.717, 1.165) is 23.9 Å². The molecule has 0 aromatic carbocycles. The Hall–Kier alpha value is -0.130. The highest BCUT2D eigenvalue weighted by molar-refractivity contribution is 7.14. The van der Waals surface area contributed by atoms with Crippen molar-refractivity contribution in [2.75, 3.05) is 26.9 Å². The summed E-state index contributed by atoms with van der Waals surface area (Å²) in [6.07, 6.45) is 0.952. The Labute approximate surface area is 111 Å². The van der Waals surface area contributed by atoms with Gasteiger partial charge in [0, 0.05) is 32.7 Å². The zero-order valence-corrected chi connectivity index (χ0v) is 11.7. The fourth-order valence-electron chi connectivity index (χ4n) is 1.97. The largest absolute Gasteiger partial charge is 0.378 e. The van der Waals surface area contributed by atoms with Crippen LogP contribution in [0.4, 0.5) is 0 Å². The van der Waals surface area contributed by atoms with Crippen LogP contribution < -0.4 is 5.32 Å². The summed E-state index contributed by atoms with van der Waals surface area (Å²) in [6.45, 7) is 4.40. The molecule has 1 saturated heterocycles. The van der Waals surface area contributed by atoms with Gasteiger partial charge < -0.3 is 14.8 Å². The Balaban J connectivity index is 1.89. The van der Waals surface area contributed by atoms with Crippen molar-refractivity contribution in [1.82, 2.24) is 5.32 Å². The molecule has 0 radical (unpaired) electrons. The van der Waals surface area contributed by atoms with Crippen LogP contribution in [0.3, 0.4) is 0 Å². The topological polar surface area (TPSA) is 30.5 Å². The fourth-order valence-corrected chi connectivity index (χ4v) is 2.95. The molecule has 1 aromatic heterocycles. The van der Waals surface area contributed by atoms with Crippen LogP contribution >= 0.6 is 22.9 Å². The second-order valence-electron chi connectivity index (χ2n) is 4.48. The molecule has 2 rings (SSSR count). The minimum absolute atomic E-state index is 0.159. The first-order valence-corrected chi connectivity index (χ1v) is 7.01. The Morgan fingerprint density at radius 3 is 3.06 bits per heavy atom. The van der Waals surface area contributed by atoms with Gasteiger partial charge in [-0.25, -0.2) is 0 Å². The van der Waals surface area contributed by atoms with E-state index in [1.165, 1.54) is 5.56 Å². The molecule has 0 spiro atoms. The normalized spacial score (nSPS) is 26.3. The van der Waals surface area contributed by atoms with Gasteiger partial charge >= 0.3 is 0 Å². The van der Waals surface area contributed by atoms with E-state index in [1.54, 1.807) is 18.4 Å². The minimum Gasteiger partial charge on any atom is -0.378 e. The molecule has 1 aliphatic heterocycles. The number of nitrogens with one attached hydrogen (secondary N) is 1. The average molecular weight is 276 g/mol. The summed E-state index contributed by atoms with van der Waals surface area (Å²) in [4.78, 5) is 0. The lowest BCUT2D eigenvalue weighted by atomic mass is 10.0. The second kappa shape index (κ2) is 5.67. The summed E-state index contributed by atoms with van der Waals surface area (Å²) in [5.41, 5.74) is 1.07. The Morgan fingerprint density at radius 2 is 2.53 bits per heavy atom. The number of rotatable bonds is 5. The van der Waals surface area contributed by atoms with Crippen LogP contribution in [0, 0.1) is 0 Å². The van der Waals surface area contributed by atoms with E-state index in [0.29, 0.717) is 6.61 Å². The second-order valence-corrected chi connectivity index (χ2v) is 6.02. The number of hydrogen-bond donors (Lipinski definition) is 1. The summed E-state index contributed by atoms with van der Waals surface area (Å²) in [7, 11) is 1.75. The lowest BCUT2D eigenvalue weighted by Gasteiger charge is -2.27. The van der Waals surface area contributed by atoms with Crippen LogP contribution in [-0.4, -0.2) is 32.5 Å². The molecule has 17 heavy (non-hydrogen) atoms. The molecule has 2 unspecified atom stereocenters. The number of hydrogen-bond acceptors (Lipinski definition) is 4. The average Bonchev–Trinajstić information content (AvgIpc) is 2.95. The smallest absolute Gasteiger partial charge is 0.106 e. The predicted molar refractivity (Wildman–Crippen MR) is 70.9 cm³/mol. The molecule has 1 aliphatic rings. The van der Waals surface area contributed by atoms with E-state index in [9.17, 15) is 0 Å². The number of ether oxygens (including phenoxy) is 2. The molecule has 0 amide bonds. The third-order valence-electron chi connectivity index (χ3n) is 3.32. The van der Waals surface area contributed by atoms with Crippen LogP contribution in [0.5, 0.6) is 0 Å². The summed E-state index contributed by atoms with van der Waals surface area (Å²) in [5, 5.41) is 5.58. The van der Waals surface area contributed by atoms with E-state index in [-0.39, 0.29) is 11.6 Å². The van der Waals surface area contributed by atoms with Crippen molar-refractivity contribution < 1.29 is 9.47 Å². The standard InChI is InChI=1S/C12H18ClNO2S/c1-9(10-5-11(13)17-6-10)14-7-12(15-2)3-4-16-8-12/h5-6,9,14H,3-4,7-8H2,1-2H3. The van der Waals surface area contributed by atoms with Crippen molar-refractivity contribution in [1.29, 1.82) is 0 Å². The molecular formula is C12H18ClNO2S. The van der Waals surface area contributed by atoms with Gasteiger partial charge in [-0.1, -0.05) is 11.6 Å². The zero-order chi connectivity index (χ0) is 12.3. The van der Waals surface area contributed by atoms with Crippen molar-refractivity contribution in [2.24, 2.45) is 0 Å². The lowest BCUT2D eigenvalue weighted by Crippen LogP contribution is -2.43. The molecule has 96 valence electrons. The maximum absolute atomic E-state index is 5.93. The zero-order valence-electron chi connectivity index (χ0n) is 10.2. The molecule has 2 heterocycles. The monoisotopic (exact) mass is 275 g/mol. The molecule has 1 fully saturated rings. The number of halogens is 1.